The quantitative estimate of drug-likeness (QED) is 0.707. The number of morpholine rings is 1. The minimum atomic E-state index is -0.0283. The fourth-order valence-corrected chi connectivity index (χ4v) is 4.34. The van der Waals surface area contributed by atoms with Gasteiger partial charge in [0.05, 0.1) is 18.8 Å². The zero-order valence-electron chi connectivity index (χ0n) is 16.0. The van der Waals surface area contributed by atoms with Crippen molar-refractivity contribution in [1.82, 2.24) is 0 Å². The predicted octanol–water partition coefficient (Wildman–Crippen LogP) is 3.81. The lowest BCUT2D eigenvalue weighted by atomic mass is 9.78. The first-order valence-electron chi connectivity index (χ1n) is 9.87. The maximum atomic E-state index is 13.4. The van der Waals surface area contributed by atoms with E-state index in [2.05, 4.69) is 24.8 Å². The standard InChI is InChI=1S/C23H25NO3/c1-3-7-15-14-19(24-10-12-27-13-11-24)21-20(16(15)4-2)22(25)17-8-5-6-9-18(17)23(21)26/h5-6,8-9,14H,3-4,7,10-13H2,1-2H3. The molecule has 4 rings (SSSR count). The number of rotatable bonds is 4. The number of carbonyl (C=O) groups excluding carboxylic acids is 2. The van der Waals surface area contributed by atoms with Gasteiger partial charge in [0.2, 0.25) is 0 Å². The van der Waals surface area contributed by atoms with Crippen LogP contribution < -0.4 is 4.90 Å². The molecule has 4 nitrogen and oxygen atoms in total. The first-order valence-corrected chi connectivity index (χ1v) is 9.87. The topological polar surface area (TPSA) is 46.6 Å². The molecule has 0 radical (unpaired) electrons. The van der Waals surface area contributed by atoms with E-state index >= 15 is 0 Å². The molecule has 4 heteroatoms. The molecule has 0 saturated carbocycles. The number of hydrogen-bond acceptors (Lipinski definition) is 4. The second-order valence-electron chi connectivity index (χ2n) is 7.19. The zero-order chi connectivity index (χ0) is 19.0. The average molecular weight is 363 g/mol. The number of carbonyl (C=O) groups is 2. The van der Waals surface area contributed by atoms with E-state index in [9.17, 15) is 9.59 Å². The van der Waals surface area contributed by atoms with Gasteiger partial charge in [-0.1, -0.05) is 44.5 Å². The number of fused-ring (bicyclic) bond motifs is 2. The van der Waals surface area contributed by atoms with Crippen LogP contribution >= 0.6 is 0 Å². The summed E-state index contributed by atoms with van der Waals surface area (Å²) >= 11 is 0. The Bertz CT molecular complexity index is 910. The smallest absolute Gasteiger partial charge is 0.196 e. The molecule has 2 aliphatic rings. The van der Waals surface area contributed by atoms with Crippen LogP contribution in [-0.2, 0) is 17.6 Å². The normalized spacial score (nSPS) is 16.3. The Morgan fingerprint density at radius 1 is 0.963 bits per heavy atom. The Hall–Kier alpha value is -2.46. The van der Waals surface area contributed by atoms with E-state index in [1.165, 1.54) is 5.56 Å². The van der Waals surface area contributed by atoms with E-state index in [1.54, 1.807) is 12.1 Å². The lowest BCUT2D eigenvalue weighted by Crippen LogP contribution is -2.38. The van der Waals surface area contributed by atoms with E-state index in [1.807, 2.05) is 12.1 Å². The average Bonchev–Trinajstić information content (AvgIpc) is 2.72. The number of aryl methyl sites for hydroxylation is 1. The molecular weight excluding hydrogens is 338 g/mol. The van der Waals surface area contributed by atoms with Gasteiger partial charge in [0.15, 0.2) is 11.6 Å². The number of hydrogen-bond donors (Lipinski definition) is 0. The third-order valence-corrected chi connectivity index (χ3v) is 5.60. The Balaban J connectivity index is 2.00. The second kappa shape index (κ2) is 7.28. The first kappa shape index (κ1) is 17.9. The molecule has 140 valence electrons. The summed E-state index contributed by atoms with van der Waals surface area (Å²) in [4.78, 5) is 29.1. The molecule has 2 aromatic rings. The van der Waals surface area contributed by atoms with Crippen LogP contribution in [0.2, 0.25) is 0 Å². The van der Waals surface area contributed by atoms with E-state index in [0.29, 0.717) is 35.5 Å². The van der Waals surface area contributed by atoms with Gasteiger partial charge in [-0.2, -0.15) is 0 Å². The predicted molar refractivity (Wildman–Crippen MR) is 106 cm³/mol. The summed E-state index contributed by atoms with van der Waals surface area (Å²) in [6, 6.07) is 9.37. The SMILES string of the molecule is CCCc1cc(N2CCOCC2)c2c(c1CC)C(=O)c1ccccc1C2=O. The maximum Gasteiger partial charge on any atom is 0.196 e. The highest BCUT2D eigenvalue weighted by atomic mass is 16.5. The molecule has 0 aromatic heterocycles. The molecule has 27 heavy (non-hydrogen) atoms. The lowest BCUT2D eigenvalue weighted by Gasteiger charge is -2.34. The summed E-state index contributed by atoms with van der Waals surface area (Å²) in [5, 5.41) is 0. The molecule has 0 spiro atoms. The van der Waals surface area contributed by atoms with E-state index in [4.69, 9.17) is 4.74 Å². The highest BCUT2D eigenvalue weighted by Crippen LogP contribution is 2.38. The van der Waals surface area contributed by atoms with E-state index in [-0.39, 0.29) is 11.6 Å². The number of benzene rings is 2. The molecule has 2 aromatic carbocycles. The van der Waals surface area contributed by atoms with Crippen LogP contribution in [0.25, 0.3) is 0 Å². The molecule has 0 amide bonds. The van der Waals surface area contributed by atoms with E-state index in [0.717, 1.165) is 43.6 Å². The van der Waals surface area contributed by atoms with Crippen LogP contribution in [0.4, 0.5) is 5.69 Å². The van der Waals surface area contributed by atoms with Crippen LogP contribution in [0.5, 0.6) is 0 Å². The minimum Gasteiger partial charge on any atom is -0.378 e. The maximum absolute atomic E-state index is 13.4. The Morgan fingerprint density at radius 3 is 2.19 bits per heavy atom. The van der Waals surface area contributed by atoms with Crippen LogP contribution in [-0.4, -0.2) is 37.9 Å². The van der Waals surface area contributed by atoms with Gasteiger partial charge in [-0.25, -0.2) is 0 Å². The lowest BCUT2D eigenvalue weighted by molar-refractivity contribution is 0.0977. The van der Waals surface area contributed by atoms with Crippen molar-refractivity contribution in [3.05, 3.63) is 63.7 Å². The Kier molecular flexibility index (Phi) is 4.83. The van der Waals surface area contributed by atoms with Crippen molar-refractivity contribution >= 4 is 17.3 Å². The molecule has 1 aliphatic heterocycles. The molecule has 1 aliphatic carbocycles. The van der Waals surface area contributed by atoms with E-state index < -0.39 is 0 Å². The van der Waals surface area contributed by atoms with Gasteiger partial charge in [-0.15, -0.1) is 0 Å². The molecule has 0 bridgehead atoms. The van der Waals surface area contributed by atoms with Crippen LogP contribution in [0.1, 0.15) is 63.2 Å². The van der Waals surface area contributed by atoms with Gasteiger partial charge in [-0.05, 0) is 30.0 Å². The van der Waals surface area contributed by atoms with Gasteiger partial charge >= 0.3 is 0 Å². The number of ketones is 2. The molecular formula is C23H25NO3. The highest BCUT2D eigenvalue weighted by Gasteiger charge is 2.35. The first-order chi connectivity index (χ1) is 13.2. The monoisotopic (exact) mass is 363 g/mol. The Labute approximate surface area is 160 Å². The summed E-state index contributed by atoms with van der Waals surface area (Å²) in [6.45, 7) is 6.99. The van der Waals surface area contributed by atoms with Crippen LogP contribution in [0, 0.1) is 0 Å². The molecule has 0 atom stereocenters. The van der Waals surface area contributed by atoms with Gasteiger partial charge in [-0.3, -0.25) is 9.59 Å². The number of nitrogens with zero attached hydrogens (tertiary/aromatic N) is 1. The summed E-state index contributed by atoms with van der Waals surface area (Å²) < 4.78 is 5.50. The summed E-state index contributed by atoms with van der Waals surface area (Å²) in [5.41, 5.74) is 5.42. The third kappa shape index (κ3) is 2.88. The van der Waals surface area contributed by atoms with Crippen molar-refractivity contribution in [2.24, 2.45) is 0 Å². The van der Waals surface area contributed by atoms with Crippen molar-refractivity contribution in [3.63, 3.8) is 0 Å². The summed E-state index contributed by atoms with van der Waals surface area (Å²) in [7, 11) is 0. The molecule has 0 N–H and O–H groups in total. The van der Waals surface area contributed by atoms with Crippen molar-refractivity contribution in [2.75, 3.05) is 31.2 Å². The second-order valence-corrected chi connectivity index (χ2v) is 7.19. The van der Waals surface area contributed by atoms with Gasteiger partial charge in [0.1, 0.15) is 0 Å². The zero-order valence-corrected chi connectivity index (χ0v) is 16.0. The largest absolute Gasteiger partial charge is 0.378 e. The molecule has 1 fully saturated rings. The number of anilines is 1. The fraction of sp³-hybridized carbons (Fsp3) is 0.391. The fourth-order valence-electron chi connectivity index (χ4n) is 4.34. The van der Waals surface area contributed by atoms with Crippen molar-refractivity contribution in [1.29, 1.82) is 0 Å². The molecule has 0 unspecified atom stereocenters. The van der Waals surface area contributed by atoms with Crippen LogP contribution in [0.15, 0.2) is 30.3 Å². The molecule has 1 saturated heterocycles. The van der Waals surface area contributed by atoms with Crippen molar-refractivity contribution in [3.8, 4) is 0 Å². The third-order valence-electron chi connectivity index (χ3n) is 5.60. The van der Waals surface area contributed by atoms with Gasteiger partial charge in [0, 0.05) is 35.5 Å². The van der Waals surface area contributed by atoms with Crippen LogP contribution in [0.3, 0.4) is 0 Å². The van der Waals surface area contributed by atoms with Gasteiger partial charge in [0.25, 0.3) is 0 Å². The summed E-state index contributed by atoms with van der Waals surface area (Å²) in [6.07, 6.45) is 2.67. The summed E-state index contributed by atoms with van der Waals surface area (Å²) in [5.74, 6) is -0.0380. The number of ether oxygens (including phenoxy) is 1. The Morgan fingerprint density at radius 2 is 1.59 bits per heavy atom. The minimum absolute atomic E-state index is 0.00971. The highest BCUT2D eigenvalue weighted by molar-refractivity contribution is 6.30. The van der Waals surface area contributed by atoms with Crippen molar-refractivity contribution in [2.45, 2.75) is 33.1 Å². The molecule has 1 heterocycles. The van der Waals surface area contributed by atoms with Crippen molar-refractivity contribution < 1.29 is 14.3 Å². The van der Waals surface area contributed by atoms with Gasteiger partial charge < -0.3 is 9.64 Å².